The van der Waals surface area contributed by atoms with Gasteiger partial charge in [-0.15, -0.1) is 0 Å². The summed E-state index contributed by atoms with van der Waals surface area (Å²) in [6, 6.07) is 16.8. The van der Waals surface area contributed by atoms with E-state index in [1.165, 1.54) is 0 Å². The highest BCUT2D eigenvalue weighted by molar-refractivity contribution is 5.73. The van der Waals surface area contributed by atoms with E-state index in [1.807, 2.05) is 47.4 Å². The summed E-state index contributed by atoms with van der Waals surface area (Å²) in [6.45, 7) is 0. The maximum atomic E-state index is 10.6. The second-order valence-corrected chi connectivity index (χ2v) is 7.33. The maximum absolute atomic E-state index is 10.6. The fraction of sp³-hybridized carbons (Fsp3) is 0.273. The first-order chi connectivity index (χ1) is 15.2. The lowest BCUT2D eigenvalue weighted by molar-refractivity contribution is -0.192. The average Bonchev–Trinajstić information content (AvgIpc) is 3.43. The first kappa shape index (κ1) is 22.8. The Kier molecular flexibility index (Phi) is 6.78. The molecule has 1 aliphatic carbocycles. The van der Waals surface area contributed by atoms with Crippen molar-refractivity contribution < 1.29 is 23.1 Å². The summed E-state index contributed by atoms with van der Waals surface area (Å²) in [5.74, 6) is -2.76. The van der Waals surface area contributed by atoms with Crippen molar-refractivity contribution in [2.24, 2.45) is 0 Å². The van der Waals surface area contributed by atoms with Gasteiger partial charge >= 0.3 is 12.1 Å². The quantitative estimate of drug-likeness (QED) is 0.622. The monoisotopic (exact) mass is 443 g/mol. The minimum atomic E-state index is -5.08. The molecule has 0 bridgehead atoms. The maximum Gasteiger partial charge on any atom is 0.490 e. The Bertz CT molecular complexity index is 1080. The van der Waals surface area contributed by atoms with Gasteiger partial charge in [-0.05, 0) is 37.0 Å². The lowest BCUT2D eigenvalue weighted by atomic mass is 9.80. The van der Waals surface area contributed by atoms with Crippen molar-refractivity contribution in [2.75, 3.05) is 5.32 Å². The van der Waals surface area contributed by atoms with E-state index in [1.54, 1.807) is 12.4 Å². The molecule has 1 aromatic carbocycles. The number of anilines is 1. The summed E-state index contributed by atoms with van der Waals surface area (Å²) >= 11 is 0. The number of pyridine rings is 1. The first-order valence-electron chi connectivity index (χ1n) is 9.72. The number of aliphatic carboxylic acids is 1. The molecule has 1 aliphatic rings. The van der Waals surface area contributed by atoms with E-state index < -0.39 is 12.1 Å². The SMILES string of the molecule is N#CC1(c2ccccc2)CCC(Nc2cnn(-c3ccncc3)c2)C1.O=C(O)C(F)(F)F. The Balaban J connectivity index is 0.000000360. The van der Waals surface area contributed by atoms with Gasteiger partial charge in [0.1, 0.15) is 0 Å². The molecule has 2 atom stereocenters. The highest BCUT2D eigenvalue weighted by Gasteiger charge is 2.41. The summed E-state index contributed by atoms with van der Waals surface area (Å²) in [7, 11) is 0. The predicted octanol–water partition coefficient (Wildman–Crippen LogP) is 4.33. The number of benzene rings is 1. The molecule has 2 aromatic heterocycles. The van der Waals surface area contributed by atoms with E-state index in [-0.39, 0.29) is 11.5 Å². The number of nitriles is 1. The molecule has 0 spiro atoms. The van der Waals surface area contributed by atoms with Crippen molar-refractivity contribution in [3.05, 3.63) is 72.8 Å². The van der Waals surface area contributed by atoms with Crippen LogP contribution < -0.4 is 5.32 Å². The first-order valence-corrected chi connectivity index (χ1v) is 9.72. The third kappa shape index (κ3) is 5.43. The van der Waals surface area contributed by atoms with Gasteiger partial charge in [0, 0.05) is 18.4 Å². The predicted molar refractivity (Wildman–Crippen MR) is 110 cm³/mol. The molecule has 0 saturated heterocycles. The normalized spacial score (nSPS) is 20.0. The van der Waals surface area contributed by atoms with Gasteiger partial charge in [0.25, 0.3) is 0 Å². The Morgan fingerprint density at radius 1 is 1.22 bits per heavy atom. The van der Waals surface area contributed by atoms with Crippen molar-refractivity contribution in [1.29, 1.82) is 5.26 Å². The molecular formula is C22H20F3N5O2. The van der Waals surface area contributed by atoms with Gasteiger partial charge in [-0.25, -0.2) is 9.48 Å². The molecule has 3 aromatic rings. The molecule has 0 aliphatic heterocycles. The second kappa shape index (κ2) is 9.51. The van der Waals surface area contributed by atoms with Gasteiger partial charge in [0.05, 0.1) is 35.3 Å². The van der Waals surface area contributed by atoms with E-state index in [9.17, 15) is 18.4 Å². The molecule has 2 N–H and O–H groups in total. The fourth-order valence-electron chi connectivity index (χ4n) is 3.63. The largest absolute Gasteiger partial charge is 0.490 e. The third-order valence-corrected chi connectivity index (χ3v) is 5.18. The highest BCUT2D eigenvalue weighted by Crippen LogP contribution is 2.41. The van der Waals surface area contributed by atoms with Crippen LogP contribution in [0, 0.1) is 11.3 Å². The Hall–Kier alpha value is -3.87. The summed E-state index contributed by atoms with van der Waals surface area (Å²) in [6.07, 6.45) is 4.89. The molecule has 32 heavy (non-hydrogen) atoms. The van der Waals surface area contributed by atoms with Crippen molar-refractivity contribution in [3.63, 3.8) is 0 Å². The third-order valence-electron chi connectivity index (χ3n) is 5.18. The number of nitrogens with one attached hydrogen (secondary N) is 1. The standard InChI is InChI=1S/C20H19N5.C2HF3O2/c21-15-20(16-4-2-1-3-5-16)9-6-17(12-20)24-18-13-23-25(14-18)19-7-10-22-11-8-19;3-2(4,5)1(6)7/h1-5,7-8,10-11,13-14,17,24H,6,9,12H2;(H,6,7). The zero-order valence-corrected chi connectivity index (χ0v) is 16.8. The summed E-state index contributed by atoms with van der Waals surface area (Å²) in [5.41, 5.74) is 2.68. The van der Waals surface area contributed by atoms with Crippen molar-refractivity contribution in [1.82, 2.24) is 14.8 Å². The number of nitrogens with zero attached hydrogens (tertiary/aromatic N) is 4. The molecule has 0 radical (unpaired) electrons. The van der Waals surface area contributed by atoms with E-state index in [0.717, 1.165) is 36.2 Å². The number of rotatable bonds is 4. The van der Waals surface area contributed by atoms with Gasteiger partial charge in [0.2, 0.25) is 0 Å². The molecular weight excluding hydrogens is 423 g/mol. The minimum Gasteiger partial charge on any atom is -0.475 e. The number of hydrogen-bond acceptors (Lipinski definition) is 5. The Morgan fingerprint density at radius 2 is 1.88 bits per heavy atom. The van der Waals surface area contributed by atoms with Gasteiger partial charge in [0.15, 0.2) is 0 Å². The molecule has 4 rings (SSSR count). The number of hydrogen-bond donors (Lipinski definition) is 2. The highest BCUT2D eigenvalue weighted by atomic mass is 19.4. The number of aromatic nitrogens is 3. The van der Waals surface area contributed by atoms with E-state index in [2.05, 4.69) is 33.6 Å². The topological polar surface area (TPSA) is 104 Å². The smallest absolute Gasteiger partial charge is 0.475 e. The van der Waals surface area contributed by atoms with Gasteiger partial charge in [-0.2, -0.15) is 23.5 Å². The number of carbonyl (C=O) groups is 1. The summed E-state index contributed by atoms with van der Waals surface area (Å²) in [5, 5.41) is 24.9. The second-order valence-electron chi connectivity index (χ2n) is 7.33. The Labute approximate surface area is 182 Å². The fourth-order valence-corrected chi connectivity index (χ4v) is 3.63. The van der Waals surface area contributed by atoms with E-state index >= 15 is 0 Å². The molecule has 0 amide bonds. The van der Waals surface area contributed by atoms with Crippen LogP contribution in [0.25, 0.3) is 5.69 Å². The van der Waals surface area contributed by atoms with Crippen molar-refractivity contribution >= 4 is 11.7 Å². The van der Waals surface area contributed by atoms with E-state index in [0.29, 0.717) is 0 Å². The summed E-state index contributed by atoms with van der Waals surface area (Å²) in [4.78, 5) is 12.9. The zero-order chi connectivity index (χ0) is 23.2. The minimum absolute atomic E-state index is 0.273. The molecule has 1 saturated carbocycles. The Morgan fingerprint density at radius 3 is 2.47 bits per heavy atom. The lowest BCUT2D eigenvalue weighted by Crippen LogP contribution is -2.23. The van der Waals surface area contributed by atoms with Crippen LogP contribution in [-0.4, -0.2) is 38.1 Å². The van der Waals surface area contributed by atoms with Crippen LogP contribution in [0.15, 0.2) is 67.3 Å². The molecule has 10 heteroatoms. The van der Waals surface area contributed by atoms with Crippen molar-refractivity contribution in [2.45, 2.75) is 36.9 Å². The van der Waals surface area contributed by atoms with Gasteiger partial charge < -0.3 is 10.4 Å². The lowest BCUT2D eigenvalue weighted by Gasteiger charge is -2.21. The van der Waals surface area contributed by atoms with Crippen LogP contribution in [0.3, 0.4) is 0 Å². The molecule has 2 heterocycles. The molecule has 7 nitrogen and oxygen atoms in total. The van der Waals surface area contributed by atoms with Crippen LogP contribution in [0.1, 0.15) is 24.8 Å². The molecule has 1 fully saturated rings. The van der Waals surface area contributed by atoms with Crippen LogP contribution in [0.5, 0.6) is 0 Å². The number of alkyl halides is 3. The zero-order valence-electron chi connectivity index (χ0n) is 16.8. The summed E-state index contributed by atoms with van der Waals surface area (Å²) < 4.78 is 33.6. The van der Waals surface area contributed by atoms with Crippen LogP contribution in [-0.2, 0) is 10.2 Å². The molecule has 2 unspecified atom stereocenters. The average molecular weight is 443 g/mol. The van der Waals surface area contributed by atoms with Gasteiger partial charge in [-0.1, -0.05) is 30.3 Å². The number of halogens is 3. The number of carboxylic acid groups (broad SMARTS) is 1. The van der Waals surface area contributed by atoms with Crippen LogP contribution in [0.4, 0.5) is 18.9 Å². The van der Waals surface area contributed by atoms with Gasteiger partial charge in [-0.3, -0.25) is 4.98 Å². The number of carboxylic acids is 1. The molecule has 166 valence electrons. The van der Waals surface area contributed by atoms with Crippen LogP contribution in [0.2, 0.25) is 0 Å². The van der Waals surface area contributed by atoms with E-state index in [4.69, 9.17) is 9.90 Å². The van der Waals surface area contributed by atoms with Crippen LogP contribution >= 0.6 is 0 Å². The van der Waals surface area contributed by atoms with Crippen molar-refractivity contribution in [3.8, 4) is 11.8 Å².